The van der Waals surface area contributed by atoms with Crippen molar-refractivity contribution in [2.75, 3.05) is 39.0 Å². The molecule has 8 nitrogen and oxygen atoms in total. The summed E-state index contributed by atoms with van der Waals surface area (Å²) < 4.78 is 2.14. The Balaban J connectivity index is 1.47. The number of imidazole rings is 1. The summed E-state index contributed by atoms with van der Waals surface area (Å²) in [6.45, 7) is 6.08. The maximum absolute atomic E-state index is 13.6. The Hall–Kier alpha value is -4.30. The van der Waals surface area contributed by atoms with Crippen molar-refractivity contribution >= 4 is 28.8 Å². The van der Waals surface area contributed by atoms with E-state index in [1.807, 2.05) is 79.4 Å². The number of amides is 2. The van der Waals surface area contributed by atoms with Crippen LogP contribution in [0.15, 0.2) is 72.9 Å². The lowest BCUT2D eigenvalue weighted by atomic mass is 10.0. The summed E-state index contributed by atoms with van der Waals surface area (Å²) in [7, 11) is 3.96. The van der Waals surface area contributed by atoms with Crippen LogP contribution in [0.1, 0.15) is 46.8 Å². The molecule has 1 atom stereocenters. The van der Waals surface area contributed by atoms with Gasteiger partial charge in [0, 0.05) is 43.0 Å². The minimum Gasteiger partial charge on any atom is -0.337 e. The minimum atomic E-state index is -0.246. The number of benzene rings is 2. The van der Waals surface area contributed by atoms with Gasteiger partial charge in [-0.25, -0.2) is 4.98 Å². The molecule has 2 aromatic carbocycles. The van der Waals surface area contributed by atoms with Crippen LogP contribution in [0.3, 0.4) is 0 Å². The zero-order chi connectivity index (χ0) is 28.9. The number of para-hydroxylation sites is 1. The summed E-state index contributed by atoms with van der Waals surface area (Å²) in [6, 6.07) is 17.5. The van der Waals surface area contributed by atoms with Crippen LogP contribution in [-0.2, 0) is 4.79 Å². The Morgan fingerprint density at radius 2 is 1.85 bits per heavy atom. The fraction of sp³-hybridized carbons (Fsp3) is 0.333. The van der Waals surface area contributed by atoms with Gasteiger partial charge >= 0.3 is 0 Å². The number of nitrogens with one attached hydrogen (secondary N) is 1. The number of likely N-dealkylation sites (tertiary alicyclic amines) is 1. The molecule has 2 amide bonds. The number of carbonyl (C=O) groups is 2. The Morgan fingerprint density at radius 1 is 1.05 bits per heavy atom. The van der Waals surface area contributed by atoms with Gasteiger partial charge in [-0.05, 0) is 76.5 Å². The van der Waals surface area contributed by atoms with Crippen LogP contribution in [0.4, 0.5) is 5.95 Å². The fourth-order valence-corrected chi connectivity index (χ4v) is 5.52. The number of rotatable bonds is 7. The summed E-state index contributed by atoms with van der Waals surface area (Å²) in [5.74, 6) is 0.270. The standard InChI is InChI=1S/C33H38N6O2/c1-23-11-5-6-14-27(23)29-21-25(17-18-34-29)32(41)36-33-35-28-15-9-12-24(2)31(28)39(33)26-13-7-8-20-38(22-26)30(40)16-10-19-37(3)4/h5-6,9-12,14-18,21,26H,7-8,13,19-20,22H2,1-4H3,(H,35,36,41)/b16-10+/t26-/m1/s1. The Labute approximate surface area is 241 Å². The molecular weight excluding hydrogens is 512 g/mol. The highest BCUT2D eigenvalue weighted by molar-refractivity contribution is 6.04. The maximum atomic E-state index is 13.6. The summed E-state index contributed by atoms with van der Waals surface area (Å²) in [5, 5.41) is 3.11. The van der Waals surface area contributed by atoms with Crippen LogP contribution >= 0.6 is 0 Å². The van der Waals surface area contributed by atoms with Crippen molar-refractivity contribution in [2.24, 2.45) is 0 Å². The smallest absolute Gasteiger partial charge is 0.258 e. The van der Waals surface area contributed by atoms with Crippen LogP contribution in [-0.4, -0.2) is 69.9 Å². The number of nitrogens with zero attached hydrogens (tertiary/aromatic N) is 5. The van der Waals surface area contributed by atoms with Gasteiger partial charge < -0.3 is 14.4 Å². The average Bonchev–Trinajstić information content (AvgIpc) is 3.15. The van der Waals surface area contributed by atoms with E-state index in [9.17, 15) is 9.59 Å². The Morgan fingerprint density at radius 3 is 2.66 bits per heavy atom. The Bertz CT molecular complexity index is 1590. The quantitative estimate of drug-likeness (QED) is 0.301. The van der Waals surface area contributed by atoms with Crippen LogP contribution < -0.4 is 5.32 Å². The molecule has 0 unspecified atom stereocenters. The monoisotopic (exact) mass is 550 g/mol. The lowest BCUT2D eigenvalue weighted by molar-refractivity contribution is -0.126. The summed E-state index contributed by atoms with van der Waals surface area (Å²) in [4.78, 5) is 40.1. The third-order valence-electron chi connectivity index (χ3n) is 7.63. The summed E-state index contributed by atoms with van der Waals surface area (Å²) >= 11 is 0. The van der Waals surface area contributed by atoms with E-state index in [4.69, 9.17) is 4.98 Å². The lowest BCUT2D eigenvalue weighted by Crippen LogP contribution is -2.35. The number of hydrogen-bond acceptors (Lipinski definition) is 5. The van der Waals surface area contributed by atoms with Gasteiger partial charge in [0.05, 0.1) is 22.8 Å². The molecule has 1 aliphatic heterocycles. The van der Waals surface area contributed by atoms with E-state index in [1.165, 1.54) is 0 Å². The van der Waals surface area contributed by atoms with Crippen LogP contribution in [0, 0.1) is 13.8 Å². The molecule has 1 N–H and O–H groups in total. The van der Waals surface area contributed by atoms with Gasteiger partial charge in [0.1, 0.15) is 0 Å². The topological polar surface area (TPSA) is 83.4 Å². The van der Waals surface area contributed by atoms with Gasteiger partial charge in [0.25, 0.3) is 5.91 Å². The fourth-order valence-electron chi connectivity index (χ4n) is 5.52. The number of anilines is 1. The molecule has 2 aromatic heterocycles. The molecule has 0 saturated carbocycles. The van der Waals surface area contributed by atoms with E-state index < -0.39 is 0 Å². The third-order valence-corrected chi connectivity index (χ3v) is 7.63. The van der Waals surface area contributed by atoms with E-state index in [2.05, 4.69) is 27.9 Å². The predicted molar refractivity (Wildman–Crippen MR) is 164 cm³/mol. The van der Waals surface area contributed by atoms with E-state index in [-0.39, 0.29) is 17.9 Å². The highest BCUT2D eigenvalue weighted by atomic mass is 16.2. The molecular formula is C33H38N6O2. The van der Waals surface area contributed by atoms with E-state index in [0.717, 1.165) is 52.7 Å². The van der Waals surface area contributed by atoms with E-state index >= 15 is 0 Å². The average molecular weight is 551 g/mol. The molecule has 0 bridgehead atoms. The van der Waals surface area contributed by atoms with Gasteiger partial charge in [-0.2, -0.15) is 0 Å². The molecule has 1 saturated heterocycles. The molecule has 8 heteroatoms. The lowest BCUT2D eigenvalue weighted by Gasteiger charge is -2.26. The molecule has 5 rings (SSSR count). The van der Waals surface area contributed by atoms with E-state index in [1.54, 1.807) is 18.3 Å². The predicted octanol–water partition coefficient (Wildman–Crippen LogP) is 5.64. The first kappa shape index (κ1) is 28.2. The molecule has 4 aromatic rings. The molecule has 3 heterocycles. The van der Waals surface area contributed by atoms with Gasteiger partial charge in [0.15, 0.2) is 0 Å². The number of likely N-dealkylation sites (N-methyl/N-ethyl adjacent to an activating group) is 1. The van der Waals surface area contributed by atoms with Gasteiger partial charge in [-0.3, -0.25) is 19.9 Å². The first-order valence-corrected chi connectivity index (χ1v) is 14.2. The molecule has 0 aliphatic carbocycles. The van der Waals surface area contributed by atoms with Crippen molar-refractivity contribution in [1.82, 2.24) is 24.3 Å². The number of carbonyl (C=O) groups excluding carboxylic acids is 2. The van der Waals surface area contributed by atoms with Crippen LogP contribution in [0.5, 0.6) is 0 Å². The molecule has 41 heavy (non-hydrogen) atoms. The van der Waals surface area contributed by atoms with Gasteiger partial charge in [0.2, 0.25) is 11.9 Å². The van der Waals surface area contributed by atoms with Crippen molar-refractivity contribution in [1.29, 1.82) is 0 Å². The third kappa shape index (κ3) is 6.38. The summed E-state index contributed by atoms with van der Waals surface area (Å²) in [6.07, 6.45) is 8.07. The number of fused-ring (bicyclic) bond motifs is 1. The van der Waals surface area contributed by atoms with Crippen molar-refractivity contribution in [3.8, 4) is 11.3 Å². The van der Waals surface area contributed by atoms with Crippen molar-refractivity contribution < 1.29 is 9.59 Å². The zero-order valence-corrected chi connectivity index (χ0v) is 24.3. The second-order valence-corrected chi connectivity index (χ2v) is 11.0. The largest absolute Gasteiger partial charge is 0.337 e. The highest BCUT2D eigenvalue weighted by Gasteiger charge is 2.27. The number of hydrogen-bond donors (Lipinski definition) is 1. The zero-order valence-electron chi connectivity index (χ0n) is 24.3. The number of pyridine rings is 1. The molecule has 1 fully saturated rings. The summed E-state index contributed by atoms with van der Waals surface area (Å²) in [5.41, 5.74) is 6.24. The van der Waals surface area contributed by atoms with Crippen LogP contribution in [0.2, 0.25) is 0 Å². The number of aromatic nitrogens is 3. The molecule has 0 spiro atoms. The van der Waals surface area contributed by atoms with Crippen molar-refractivity contribution in [2.45, 2.75) is 39.2 Å². The molecule has 0 radical (unpaired) electrons. The maximum Gasteiger partial charge on any atom is 0.258 e. The first-order chi connectivity index (χ1) is 19.8. The second kappa shape index (κ2) is 12.5. The minimum absolute atomic E-state index is 0.0194. The Kier molecular flexibility index (Phi) is 8.59. The van der Waals surface area contributed by atoms with Gasteiger partial charge in [-0.15, -0.1) is 0 Å². The normalized spacial score (nSPS) is 15.9. The molecule has 212 valence electrons. The van der Waals surface area contributed by atoms with Crippen LogP contribution in [0.25, 0.3) is 22.3 Å². The van der Waals surface area contributed by atoms with Gasteiger partial charge in [-0.1, -0.05) is 42.5 Å². The second-order valence-electron chi connectivity index (χ2n) is 11.0. The van der Waals surface area contributed by atoms with Crippen molar-refractivity contribution in [3.05, 3.63) is 89.6 Å². The van der Waals surface area contributed by atoms with E-state index in [0.29, 0.717) is 31.1 Å². The first-order valence-electron chi connectivity index (χ1n) is 14.2. The highest BCUT2D eigenvalue weighted by Crippen LogP contribution is 2.32. The number of aryl methyl sites for hydroxylation is 2. The van der Waals surface area contributed by atoms with Crippen molar-refractivity contribution in [3.63, 3.8) is 0 Å². The SMILES string of the molecule is Cc1ccccc1-c1cc(C(=O)Nc2nc3cccc(C)c3n2[C@@H]2CCCCN(C(=O)/C=C/CN(C)C)C2)ccn1. The molecule has 1 aliphatic rings.